The van der Waals surface area contributed by atoms with Gasteiger partial charge in [-0.05, 0) is 55.2 Å². The number of sulfonamides is 1. The standard InChI is InChI=1S/C29H36N4O6S2/c1-36-26-17-22(18-27(37-2)28(26)38-3)25-20-40-29(33(25)30-19-21-7-5-4-6-8-21)31-23-9-11-24(12-10-23)41(34,35)32-13-15-39-16-14-32/h9-12,17-21H,4-8,13-16H2,1-3H3. The zero-order valence-corrected chi connectivity index (χ0v) is 25.2. The molecule has 0 amide bonds. The first-order valence-corrected chi connectivity index (χ1v) is 16.0. The second kappa shape index (κ2) is 13.2. The Morgan fingerprint density at radius 2 is 1.61 bits per heavy atom. The van der Waals surface area contributed by atoms with Gasteiger partial charge >= 0.3 is 0 Å². The summed E-state index contributed by atoms with van der Waals surface area (Å²) in [6, 6.07) is 10.4. The third-order valence-corrected chi connectivity index (χ3v) is 10.1. The molecule has 10 nitrogen and oxygen atoms in total. The molecule has 220 valence electrons. The van der Waals surface area contributed by atoms with Crippen LogP contribution in [0.1, 0.15) is 32.1 Å². The molecular weight excluding hydrogens is 564 g/mol. The lowest BCUT2D eigenvalue weighted by atomic mass is 9.90. The van der Waals surface area contributed by atoms with Crippen molar-refractivity contribution in [3.8, 4) is 28.5 Å². The third kappa shape index (κ3) is 6.50. The topological polar surface area (TPSA) is 104 Å². The zero-order chi connectivity index (χ0) is 28.8. The predicted molar refractivity (Wildman–Crippen MR) is 159 cm³/mol. The van der Waals surface area contributed by atoms with Crippen LogP contribution in [-0.4, -0.2) is 71.2 Å². The monoisotopic (exact) mass is 600 g/mol. The van der Waals surface area contributed by atoms with Crippen LogP contribution in [-0.2, 0) is 14.8 Å². The van der Waals surface area contributed by atoms with Crippen LogP contribution in [0.2, 0.25) is 0 Å². The minimum atomic E-state index is -3.58. The minimum Gasteiger partial charge on any atom is -0.493 e. The maximum absolute atomic E-state index is 13.0. The van der Waals surface area contributed by atoms with Crippen LogP contribution in [0.5, 0.6) is 17.2 Å². The molecule has 2 fully saturated rings. The van der Waals surface area contributed by atoms with Crippen molar-refractivity contribution in [3.05, 3.63) is 46.6 Å². The molecule has 1 aliphatic carbocycles. The maximum Gasteiger partial charge on any atom is 0.243 e. The highest BCUT2D eigenvalue weighted by molar-refractivity contribution is 7.89. The zero-order valence-electron chi connectivity index (χ0n) is 23.6. The van der Waals surface area contributed by atoms with Gasteiger partial charge in [0.1, 0.15) is 0 Å². The van der Waals surface area contributed by atoms with Gasteiger partial charge in [0.15, 0.2) is 11.5 Å². The molecule has 3 aromatic rings. The average molecular weight is 601 g/mol. The van der Waals surface area contributed by atoms with Gasteiger partial charge in [0.2, 0.25) is 20.6 Å². The van der Waals surface area contributed by atoms with Crippen LogP contribution in [0.25, 0.3) is 11.3 Å². The second-order valence-electron chi connectivity index (χ2n) is 9.91. The molecule has 0 radical (unpaired) electrons. The minimum absolute atomic E-state index is 0.242. The summed E-state index contributed by atoms with van der Waals surface area (Å²) in [6.07, 6.45) is 7.97. The van der Waals surface area contributed by atoms with Crippen molar-refractivity contribution in [2.24, 2.45) is 16.0 Å². The molecule has 1 saturated heterocycles. The predicted octanol–water partition coefficient (Wildman–Crippen LogP) is 4.91. The normalized spacial score (nSPS) is 17.7. The number of hydrogen-bond acceptors (Lipinski definition) is 9. The largest absolute Gasteiger partial charge is 0.493 e. The number of methoxy groups -OCH3 is 3. The molecule has 41 heavy (non-hydrogen) atoms. The van der Waals surface area contributed by atoms with Crippen molar-refractivity contribution >= 4 is 33.3 Å². The van der Waals surface area contributed by atoms with Crippen molar-refractivity contribution < 1.29 is 27.4 Å². The van der Waals surface area contributed by atoms with E-state index >= 15 is 0 Å². The number of benzene rings is 2. The molecule has 5 rings (SSSR count). The Balaban J connectivity index is 1.54. The number of morpholine rings is 1. The van der Waals surface area contributed by atoms with E-state index < -0.39 is 10.0 Å². The van der Waals surface area contributed by atoms with E-state index in [1.165, 1.54) is 34.9 Å². The summed E-state index contributed by atoms with van der Waals surface area (Å²) in [4.78, 5) is 5.76. The fraction of sp³-hybridized carbons (Fsp3) is 0.448. The summed E-state index contributed by atoms with van der Waals surface area (Å²) in [7, 11) is 1.18. The lowest BCUT2D eigenvalue weighted by Gasteiger charge is -2.26. The van der Waals surface area contributed by atoms with Crippen LogP contribution >= 0.6 is 11.3 Å². The van der Waals surface area contributed by atoms with E-state index in [1.807, 2.05) is 28.4 Å². The quantitative estimate of drug-likeness (QED) is 0.324. The van der Waals surface area contributed by atoms with Gasteiger partial charge in [-0.1, -0.05) is 19.3 Å². The van der Waals surface area contributed by atoms with Crippen molar-refractivity contribution in [1.82, 2.24) is 8.98 Å². The summed E-state index contributed by atoms with van der Waals surface area (Å²) in [5.41, 5.74) is 2.29. The Morgan fingerprint density at radius 3 is 2.22 bits per heavy atom. The van der Waals surface area contributed by atoms with E-state index in [0.717, 1.165) is 24.1 Å². The molecule has 12 heteroatoms. The van der Waals surface area contributed by atoms with Gasteiger partial charge in [-0.2, -0.15) is 9.41 Å². The number of rotatable bonds is 9. The summed E-state index contributed by atoms with van der Waals surface area (Å²) >= 11 is 1.45. The molecule has 2 aromatic carbocycles. The molecule has 0 bridgehead atoms. The highest BCUT2D eigenvalue weighted by atomic mass is 32.2. The number of nitrogens with zero attached hydrogens (tertiary/aromatic N) is 4. The van der Waals surface area contributed by atoms with Crippen molar-refractivity contribution in [1.29, 1.82) is 0 Å². The van der Waals surface area contributed by atoms with Crippen molar-refractivity contribution in [2.75, 3.05) is 47.6 Å². The Kier molecular flexibility index (Phi) is 9.43. The second-order valence-corrected chi connectivity index (χ2v) is 12.7. The molecule has 2 heterocycles. The van der Waals surface area contributed by atoms with Gasteiger partial charge in [-0.25, -0.2) is 18.1 Å². The first-order chi connectivity index (χ1) is 19.9. The van der Waals surface area contributed by atoms with Gasteiger partial charge in [0.25, 0.3) is 0 Å². The van der Waals surface area contributed by atoms with Crippen LogP contribution in [0.3, 0.4) is 0 Å². The highest BCUT2D eigenvalue weighted by Crippen LogP contribution is 2.41. The Hall–Kier alpha value is -3.19. The Labute approximate surface area is 244 Å². The van der Waals surface area contributed by atoms with Crippen LogP contribution in [0.15, 0.2) is 56.8 Å². The van der Waals surface area contributed by atoms with E-state index in [-0.39, 0.29) is 4.90 Å². The molecule has 2 aliphatic rings. The SMILES string of the molecule is COc1cc(-c2csc(=Nc3ccc(S(=O)(=O)N4CCOCC4)cc3)n2N=CC2CCCCC2)cc(OC)c1OC. The van der Waals surface area contributed by atoms with E-state index in [0.29, 0.717) is 60.0 Å². The van der Waals surface area contributed by atoms with Crippen molar-refractivity contribution in [3.63, 3.8) is 0 Å². The van der Waals surface area contributed by atoms with Gasteiger partial charge in [0.05, 0.1) is 50.8 Å². The summed E-state index contributed by atoms with van der Waals surface area (Å²) in [6.45, 7) is 1.51. The number of thiazole rings is 1. The number of ether oxygens (including phenoxy) is 4. The van der Waals surface area contributed by atoms with Crippen molar-refractivity contribution in [2.45, 2.75) is 37.0 Å². The van der Waals surface area contributed by atoms with E-state index in [9.17, 15) is 8.42 Å². The Bertz CT molecular complexity index is 1510. The van der Waals surface area contributed by atoms with Gasteiger partial charge in [-0.15, -0.1) is 11.3 Å². The van der Waals surface area contributed by atoms with Gasteiger partial charge in [-0.3, -0.25) is 0 Å². The first kappa shape index (κ1) is 29.3. The van der Waals surface area contributed by atoms with Crippen LogP contribution < -0.4 is 19.0 Å². The molecular formula is C29H36N4O6S2. The fourth-order valence-corrected chi connectivity index (χ4v) is 7.36. The molecule has 1 saturated carbocycles. The summed E-state index contributed by atoms with van der Waals surface area (Å²) < 4.78 is 51.4. The highest BCUT2D eigenvalue weighted by Gasteiger charge is 2.26. The number of hydrogen-bond donors (Lipinski definition) is 0. The summed E-state index contributed by atoms with van der Waals surface area (Å²) in [5.74, 6) is 2.03. The molecule has 1 aliphatic heterocycles. The molecule has 0 N–H and O–H groups in total. The van der Waals surface area contributed by atoms with E-state index in [2.05, 4.69) is 0 Å². The van der Waals surface area contributed by atoms with Gasteiger partial charge < -0.3 is 18.9 Å². The lowest BCUT2D eigenvalue weighted by molar-refractivity contribution is 0.0730. The fourth-order valence-electron chi connectivity index (χ4n) is 5.10. The molecule has 0 atom stereocenters. The molecule has 0 unspecified atom stereocenters. The smallest absolute Gasteiger partial charge is 0.243 e. The lowest BCUT2D eigenvalue weighted by Crippen LogP contribution is -2.40. The van der Waals surface area contributed by atoms with Crippen LogP contribution in [0.4, 0.5) is 5.69 Å². The summed E-state index contributed by atoms with van der Waals surface area (Å²) in [5, 5.41) is 6.91. The average Bonchev–Trinajstić information content (AvgIpc) is 3.42. The third-order valence-electron chi connectivity index (χ3n) is 7.36. The van der Waals surface area contributed by atoms with E-state index in [4.69, 9.17) is 29.0 Å². The van der Waals surface area contributed by atoms with Gasteiger partial charge in [0, 0.05) is 30.2 Å². The first-order valence-electron chi connectivity index (χ1n) is 13.7. The van der Waals surface area contributed by atoms with E-state index in [1.54, 1.807) is 45.6 Å². The van der Waals surface area contributed by atoms with Crippen LogP contribution in [0, 0.1) is 5.92 Å². The Morgan fingerprint density at radius 1 is 0.951 bits per heavy atom. The molecule has 1 aromatic heterocycles. The number of aromatic nitrogens is 1. The molecule has 0 spiro atoms. The maximum atomic E-state index is 13.0.